The minimum absolute atomic E-state index is 0.578. The lowest BCUT2D eigenvalue weighted by Gasteiger charge is -2.33. The molecule has 0 bridgehead atoms. The number of carbonyl (C=O) groups is 1. The lowest BCUT2D eigenvalue weighted by molar-refractivity contribution is 0.103. The Morgan fingerprint density at radius 1 is 1.14 bits per heavy atom. The van der Waals surface area contributed by atoms with Gasteiger partial charge in [-0.25, -0.2) is 9.78 Å². The summed E-state index contributed by atoms with van der Waals surface area (Å²) in [6.45, 7) is 6.84. The molecule has 3 heterocycles. The number of piperazine rings is 1. The van der Waals surface area contributed by atoms with E-state index in [0.29, 0.717) is 13.1 Å². The van der Waals surface area contributed by atoms with E-state index in [1.807, 2.05) is 6.20 Å². The molecule has 1 aromatic rings. The molecule has 0 radical (unpaired) electrons. The maximum Gasteiger partial charge on any atom is 0.407 e. The van der Waals surface area contributed by atoms with Gasteiger partial charge in [-0.1, -0.05) is 6.07 Å². The number of nitrogens with zero attached hydrogens (tertiary/aromatic N) is 4. The smallest absolute Gasteiger partial charge is 0.407 e. The van der Waals surface area contributed by atoms with Crippen molar-refractivity contribution in [3.63, 3.8) is 0 Å². The van der Waals surface area contributed by atoms with Gasteiger partial charge in [0.05, 0.1) is 13.2 Å². The quantitative estimate of drug-likeness (QED) is 0.887. The average molecular weight is 306 g/mol. The van der Waals surface area contributed by atoms with Gasteiger partial charge in [0.1, 0.15) is 5.82 Å². The van der Waals surface area contributed by atoms with Crippen LogP contribution in [0.3, 0.4) is 0 Å². The number of carboxylic acid groups (broad SMARTS) is 1. The first-order valence-electron chi connectivity index (χ1n) is 7.70. The molecule has 1 aromatic heterocycles. The number of hydrogen-bond acceptors (Lipinski definition) is 5. The van der Waals surface area contributed by atoms with Gasteiger partial charge in [-0.05, 0) is 11.6 Å². The highest BCUT2D eigenvalue weighted by Gasteiger charge is 2.20. The van der Waals surface area contributed by atoms with Crippen molar-refractivity contribution in [2.75, 3.05) is 57.4 Å². The second-order valence-electron chi connectivity index (χ2n) is 5.67. The standard InChI is InChI=1S/C15H22N4O3/c20-15(21)19-5-3-17(4-6-19)12-13-1-2-14(16-11-13)18-7-9-22-10-8-18/h1-2,11H,3-10,12H2,(H,20,21). The van der Waals surface area contributed by atoms with Crippen molar-refractivity contribution < 1.29 is 14.6 Å². The van der Waals surface area contributed by atoms with E-state index in [0.717, 1.165) is 51.8 Å². The topological polar surface area (TPSA) is 69.1 Å². The fourth-order valence-corrected chi connectivity index (χ4v) is 2.85. The highest BCUT2D eigenvalue weighted by atomic mass is 16.5. The summed E-state index contributed by atoms with van der Waals surface area (Å²) in [5, 5.41) is 8.95. The van der Waals surface area contributed by atoms with Gasteiger partial charge in [-0.3, -0.25) is 4.90 Å². The monoisotopic (exact) mass is 306 g/mol. The number of ether oxygens (including phenoxy) is 1. The van der Waals surface area contributed by atoms with Crippen molar-refractivity contribution in [2.24, 2.45) is 0 Å². The molecule has 22 heavy (non-hydrogen) atoms. The molecular formula is C15H22N4O3. The van der Waals surface area contributed by atoms with Gasteiger partial charge in [-0.15, -0.1) is 0 Å². The molecule has 1 amide bonds. The Morgan fingerprint density at radius 2 is 1.86 bits per heavy atom. The number of anilines is 1. The Bertz CT molecular complexity index is 494. The highest BCUT2D eigenvalue weighted by molar-refractivity contribution is 5.65. The average Bonchev–Trinajstić information content (AvgIpc) is 2.57. The highest BCUT2D eigenvalue weighted by Crippen LogP contribution is 2.14. The van der Waals surface area contributed by atoms with E-state index in [4.69, 9.17) is 9.84 Å². The Morgan fingerprint density at radius 3 is 2.45 bits per heavy atom. The molecule has 0 unspecified atom stereocenters. The molecule has 120 valence electrons. The summed E-state index contributed by atoms with van der Waals surface area (Å²) in [4.78, 5) is 21.4. The van der Waals surface area contributed by atoms with E-state index < -0.39 is 6.09 Å². The molecule has 2 fully saturated rings. The number of hydrogen-bond donors (Lipinski definition) is 1. The van der Waals surface area contributed by atoms with Crippen LogP contribution in [0.4, 0.5) is 10.6 Å². The van der Waals surface area contributed by atoms with Crippen molar-refractivity contribution >= 4 is 11.9 Å². The molecule has 2 aliphatic heterocycles. The Kier molecular flexibility index (Phi) is 4.74. The molecule has 7 nitrogen and oxygen atoms in total. The normalized spacial score (nSPS) is 20.2. The molecule has 2 aliphatic rings. The van der Waals surface area contributed by atoms with Crippen molar-refractivity contribution in [2.45, 2.75) is 6.54 Å². The van der Waals surface area contributed by atoms with Gasteiger partial charge in [-0.2, -0.15) is 0 Å². The first kappa shape index (κ1) is 15.1. The van der Waals surface area contributed by atoms with Gasteiger partial charge in [0, 0.05) is 52.0 Å². The van der Waals surface area contributed by atoms with Crippen molar-refractivity contribution in [1.29, 1.82) is 0 Å². The largest absolute Gasteiger partial charge is 0.465 e. The Balaban J connectivity index is 1.52. The second kappa shape index (κ2) is 6.93. The summed E-state index contributed by atoms with van der Waals surface area (Å²) in [5.74, 6) is 1.00. The Labute approximate surface area is 130 Å². The summed E-state index contributed by atoms with van der Waals surface area (Å²) >= 11 is 0. The third kappa shape index (κ3) is 3.66. The minimum Gasteiger partial charge on any atom is -0.465 e. The van der Waals surface area contributed by atoms with Crippen LogP contribution in [0, 0.1) is 0 Å². The SMILES string of the molecule is O=C(O)N1CCN(Cc2ccc(N3CCOCC3)nc2)CC1. The van der Waals surface area contributed by atoms with Crippen molar-refractivity contribution in [3.05, 3.63) is 23.9 Å². The van der Waals surface area contributed by atoms with Crippen LogP contribution in [0.1, 0.15) is 5.56 Å². The predicted molar refractivity (Wildman–Crippen MR) is 82.1 cm³/mol. The minimum atomic E-state index is -0.823. The summed E-state index contributed by atoms with van der Waals surface area (Å²) in [7, 11) is 0. The van der Waals surface area contributed by atoms with Crippen LogP contribution < -0.4 is 4.90 Å². The zero-order valence-corrected chi connectivity index (χ0v) is 12.6. The predicted octanol–water partition coefficient (Wildman–Crippen LogP) is 0.714. The van der Waals surface area contributed by atoms with E-state index >= 15 is 0 Å². The van der Waals surface area contributed by atoms with Crippen LogP contribution in [-0.2, 0) is 11.3 Å². The summed E-state index contributed by atoms with van der Waals surface area (Å²) in [5.41, 5.74) is 1.17. The maximum absolute atomic E-state index is 10.9. The third-order valence-corrected chi connectivity index (χ3v) is 4.19. The van der Waals surface area contributed by atoms with Crippen LogP contribution in [-0.4, -0.2) is 78.5 Å². The number of aromatic nitrogens is 1. The lowest BCUT2D eigenvalue weighted by atomic mass is 10.2. The maximum atomic E-state index is 10.9. The number of rotatable bonds is 3. The van der Waals surface area contributed by atoms with Gasteiger partial charge in [0.25, 0.3) is 0 Å². The van der Waals surface area contributed by atoms with Crippen LogP contribution >= 0.6 is 0 Å². The van der Waals surface area contributed by atoms with E-state index in [1.54, 1.807) is 0 Å². The van der Waals surface area contributed by atoms with E-state index in [1.165, 1.54) is 10.5 Å². The third-order valence-electron chi connectivity index (χ3n) is 4.19. The molecule has 2 saturated heterocycles. The van der Waals surface area contributed by atoms with E-state index in [-0.39, 0.29) is 0 Å². The van der Waals surface area contributed by atoms with Gasteiger partial charge in [0.15, 0.2) is 0 Å². The first-order valence-corrected chi connectivity index (χ1v) is 7.70. The number of morpholine rings is 1. The number of amides is 1. The molecule has 0 saturated carbocycles. The van der Waals surface area contributed by atoms with Gasteiger partial charge < -0.3 is 19.6 Å². The molecule has 0 aromatic carbocycles. The second-order valence-corrected chi connectivity index (χ2v) is 5.67. The molecule has 0 atom stereocenters. The van der Waals surface area contributed by atoms with E-state index in [9.17, 15) is 4.79 Å². The van der Waals surface area contributed by atoms with Crippen molar-refractivity contribution in [3.8, 4) is 0 Å². The fourth-order valence-electron chi connectivity index (χ4n) is 2.85. The molecule has 0 aliphatic carbocycles. The van der Waals surface area contributed by atoms with Crippen LogP contribution in [0.5, 0.6) is 0 Å². The zero-order valence-electron chi connectivity index (χ0n) is 12.6. The van der Waals surface area contributed by atoms with Crippen LogP contribution in [0.25, 0.3) is 0 Å². The van der Waals surface area contributed by atoms with Crippen LogP contribution in [0.15, 0.2) is 18.3 Å². The van der Waals surface area contributed by atoms with Crippen LogP contribution in [0.2, 0.25) is 0 Å². The lowest BCUT2D eigenvalue weighted by Crippen LogP contribution is -2.47. The molecule has 3 rings (SSSR count). The van der Waals surface area contributed by atoms with Gasteiger partial charge in [0.2, 0.25) is 0 Å². The van der Waals surface area contributed by atoms with E-state index in [2.05, 4.69) is 26.9 Å². The molecule has 0 spiro atoms. The summed E-state index contributed by atoms with van der Waals surface area (Å²) in [6, 6.07) is 4.18. The first-order chi connectivity index (χ1) is 10.7. The molecule has 1 N–H and O–H groups in total. The zero-order chi connectivity index (χ0) is 15.4. The van der Waals surface area contributed by atoms with Crippen molar-refractivity contribution in [1.82, 2.24) is 14.8 Å². The number of pyridine rings is 1. The molecular weight excluding hydrogens is 284 g/mol. The summed E-state index contributed by atoms with van der Waals surface area (Å²) < 4.78 is 5.35. The Hall–Kier alpha value is -1.86. The molecule has 7 heteroatoms. The summed E-state index contributed by atoms with van der Waals surface area (Å²) in [6.07, 6.45) is 1.10. The fraction of sp³-hybridized carbons (Fsp3) is 0.600. The van der Waals surface area contributed by atoms with Gasteiger partial charge >= 0.3 is 6.09 Å².